The number of hydrogen-bond acceptors (Lipinski definition) is 9. The Kier molecular flexibility index (Phi) is 9.87. The van der Waals surface area contributed by atoms with E-state index in [1.807, 2.05) is 31.2 Å². The maximum absolute atomic E-state index is 13.9. The number of hydrogen-bond donors (Lipinski definition) is 6. The summed E-state index contributed by atoms with van der Waals surface area (Å²) in [6.07, 6.45) is -3.92. The number of carbonyl (C=O) groups excluding carboxylic acids is 5. The second kappa shape index (κ2) is 12.7. The SMILES string of the molecule is Cc1ccc(C[C@@]2(C(=O)NC(C)C(O)C(N)=O)CCCN2C(=O)[C@H]2CC[C@H](C(=O)C(O)C(C)OC(N)=O)N2)cc1. The zero-order valence-corrected chi connectivity index (χ0v) is 23.0. The summed E-state index contributed by atoms with van der Waals surface area (Å²) in [5.74, 6) is -2.52. The molecule has 7 atom stereocenters. The van der Waals surface area contributed by atoms with Gasteiger partial charge in [-0.3, -0.25) is 24.5 Å². The molecule has 0 radical (unpaired) electrons. The van der Waals surface area contributed by atoms with E-state index in [2.05, 4.69) is 10.6 Å². The summed E-state index contributed by atoms with van der Waals surface area (Å²) in [6, 6.07) is 4.92. The number of aliphatic hydroxyl groups excluding tert-OH is 2. The Morgan fingerprint density at radius 2 is 1.70 bits per heavy atom. The summed E-state index contributed by atoms with van der Waals surface area (Å²) >= 11 is 0. The largest absolute Gasteiger partial charge is 0.443 e. The fourth-order valence-corrected chi connectivity index (χ4v) is 5.45. The molecule has 2 aliphatic heterocycles. The van der Waals surface area contributed by atoms with E-state index in [0.717, 1.165) is 11.1 Å². The first-order valence-corrected chi connectivity index (χ1v) is 13.4. The van der Waals surface area contributed by atoms with Crippen LogP contribution in [0.2, 0.25) is 0 Å². The number of nitrogens with one attached hydrogen (secondary N) is 2. The zero-order chi connectivity index (χ0) is 29.8. The number of benzene rings is 1. The quantitative estimate of drug-likeness (QED) is 0.191. The third-order valence-electron chi connectivity index (χ3n) is 7.74. The maximum Gasteiger partial charge on any atom is 0.404 e. The highest BCUT2D eigenvalue weighted by Crippen LogP contribution is 2.35. The number of nitrogens with zero attached hydrogens (tertiary/aromatic N) is 1. The summed E-state index contributed by atoms with van der Waals surface area (Å²) in [4.78, 5) is 64.5. The van der Waals surface area contributed by atoms with Gasteiger partial charge in [-0.25, -0.2) is 4.79 Å². The lowest BCUT2D eigenvalue weighted by atomic mass is 9.86. The summed E-state index contributed by atoms with van der Waals surface area (Å²) in [6.45, 7) is 5.01. The third-order valence-corrected chi connectivity index (χ3v) is 7.74. The van der Waals surface area contributed by atoms with E-state index in [-0.39, 0.29) is 31.7 Å². The second-order valence-corrected chi connectivity index (χ2v) is 10.7. The molecule has 220 valence electrons. The number of likely N-dealkylation sites (tertiary alicyclic amines) is 1. The monoisotopic (exact) mass is 561 g/mol. The van der Waals surface area contributed by atoms with Crippen LogP contribution in [-0.4, -0.2) is 93.2 Å². The standard InChI is InChI=1S/C27H39N5O8/c1-14-5-7-17(8-6-14)13-27(25(38)30-15(2)20(33)23(28)36)11-4-12-32(27)24(37)19-10-9-18(31-19)22(35)21(34)16(3)40-26(29)39/h5-8,15-16,18-21,31,33-34H,4,9-13H2,1-3H3,(H2,28,36)(H2,29,39)(H,30,38)/t15?,16?,18-,19-,20?,21?,27-/m1/s1. The van der Waals surface area contributed by atoms with Crippen LogP contribution in [0, 0.1) is 6.92 Å². The van der Waals surface area contributed by atoms with Crippen molar-refractivity contribution < 1.29 is 38.9 Å². The Hall–Kier alpha value is -3.55. The lowest BCUT2D eigenvalue weighted by Crippen LogP contribution is -2.63. The molecule has 2 aliphatic rings. The van der Waals surface area contributed by atoms with Gasteiger partial charge in [-0.05, 0) is 52.0 Å². The minimum absolute atomic E-state index is 0.194. The molecule has 4 unspecified atom stereocenters. The van der Waals surface area contributed by atoms with Crippen molar-refractivity contribution in [1.29, 1.82) is 0 Å². The number of Topliss-reactive ketones (excluding diaryl/α,β-unsaturated/α-hetero) is 1. The van der Waals surface area contributed by atoms with Crippen molar-refractivity contribution in [3.63, 3.8) is 0 Å². The maximum atomic E-state index is 13.9. The van der Waals surface area contributed by atoms with E-state index in [4.69, 9.17) is 16.2 Å². The van der Waals surface area contributed by atoms with Crippen LogP contribution in [-0.2, 0) is 30.3 Å². The van der Waals surface area contributed by atoms with Gasteiger partial charge in [-0.15, -0.1) is 0 Å². The van der Waals surface area contributed by atoms with E-state index in [0.29, 0.717) is 12.8 Å². The predicted molar refractivity (Wildman–Crippen MR) is 142 cm³/mol. The summed E-state index contributed by atoms with van der Waals surface area (Å²) in [7, 11) is 0. The lowest BCUT2D eigenvalue weighted by molar-refractivity contribution is -0.147. The minimum Gasteiger partial charge on any atom is -0.443 e. The molecule has 0 bridgehead atoms. The van der Waals surface area contributed by atoms with Gasteiger partial charge in [0, 0.05) is 13.0 Å². The van der Waals surface area contributed by atoms with Crippen molar-refractivity contribution in [3.8, 4) is 0 Å². The number of primary amides is 2. The van der Waals surface area contributed by atoms with Crippen LogP contribution in [0.1, 0.15) is 50.7 Å². The molecule has 2 heterocycles. The normalized spacial score (nSPS) is 25.5. The number of nitrogens with two attached hydrogens (primary N) is 2. The molecule has 1 aromatic carbocycles. The Morgan fingerprint density at radius 1 is 1.07 bits per heavy atom. The van der Waals surface area contributed by atoms with Crippen LogP contribution >= 0.6 is 0 Å². The Morgan fingerprint density at radius 3 is 2.30 bits per heavy atom. The van der Waals surface area contributed by atoms with Crippen molar-refractivity contribution in [2.45, 2.75) is 94.9 Å². The van der Waals surface area contributed by atoms with Gasteiger partial charge in [0.25, 0.3) is 0 Å². The number of rotatable bonds is 11. The van der Waals surface area contributed by atoms with Gasteiger partial charge in [0.15, 0.2) is 18.0 Å². The van der Waals surface area contributed by atoms with E-state index in [9.17, 15) is 34.2 Å². The number of aryl methyl sites for hydroxylation is 1. The molecule has 0 aliphatic carbocycles. The zero-order valence-electron chi connectivity index (χ0n) is 23.0. The molecule has 4 amide bonds. The van der Waals surface area contributed by atoms with Gasteiger partial charge in [0.2, 0.25) is 17.7 Å². The van der Waals surface area contributed by atoms with Gasteiger partial charge in [-0.1, -0.05) is 29.8 Å². The van der Waals surface area contributed by atoms with Crippen molar-refractivity contribution >= 4 is 29.6 Å². The molecule has 2 fully saturated rings. The highest BCUT2D eigenvalue weighted by atomic mass is 16.6. The Bertz CT molecular complexity index is 1130. The summed E-state index contributed by atoms with van der Waals surface area (Å²) in [5, 5.41) is 26.1. The number of aliphatic hydroxyl groups is 2. The van der Waals surface area contributed by atoms with E-state index in [1.54, 1.807) is 0 Å². The van der Waals surface area contributed by atoms with Crippen molar-refractivity contribution in [2.75, 3.05) is 6.54 Å². The fourth-order valence-electron chi connectivity index (χ4n) is 5.45. The highest BCUT2D eigenvalue weighted by Gasteiger charge is 2.52. The van der Waals surface area contributed by atoms with Crippen molar-refractivity contribution in [1.82, 2.24) is 15.5 Å². The molecular formula is C27H39N5O8. The number of ether oxygens (including phenoxy) is 1. The van der Waals surface area contributed by atoms with E-state index < -0.39 is 65.7 Å². The molecule has 0 aromatic heterocycles. The number of ketones is 1. The van der Waals surface area contributed by atoms with Crippen molar-refractivity contribution in [2.24, 2.45) is 11.5 Å². The molecule has 0 saturated carbocycles. The van der Waals surface area contributed by atoms with Crippen LogP contribution in [0.4, 0.5) is 4.79 Å². The molecule has 3 rings (SSSR count). The van der Waals surface area contributed by atoms with Crippen LogP contribution < -0.4 is 22.1 Å². The van der Waals surface area contributed by atoms with Gasteiger partial charge in [-0.2, -0.15) is 0 Å². The number of carbonyl (C=O) groups is 5. The van der Waals surface area contributed by atoms with E-state index in [1.165, 1.54) is 18.7 Å². The Labute approximate surface area is 232 Å². The second-order valence-electron chi connectivity index (χ2n) is 10.7. The first kappa shape index (κ1) is 31.0. The molecule has 8 N–H and O–H groups in total. The molecule has 13 nitrogen and oxygen atoms in total. The summed E-state index contributed by atoms with van der Waals surface area (Å²) in [5.41, 5.74) is 10.7. The van der Waals surface area contributed by atoms with Crippen LogP contribution in [0.3, 0.4) is 0 Å². The van der Waals surface area contributed by atoms with Crippen LogP contribution in [0.15, 0.2) is 24.3 Å². The summed E-state index contributed by atoms with van der Waals surface area (Å²) < 4.78 is 4.70. The molecule has 0 spiro atoms. The average molecular weight is 562 g/mol. The predicted octanol–water partition coefficient (Wildman–Crippen LogP) is -1.22. The molecule has 13 heteroatoms. The average Bonchev–Trinajstić information content (AvgIpc) is 3.56. The number of amides is 4. The first-order chi connectivity index (χ1) is 18.8. The van der Waals surface area contributed by atoms with Gasteiger partial charge < -0.3 is 36.6 Å². The first-order valence-electron chi connectivity index (χ1n) is 13.4. The smallest absolute Gasteiger partial charge is 0.404 e. The molecule has 40 heavy (non-hydrogen) atoms. The van der Waals surface area contributed by atoms with Gasteiger partial charge >= 0.3 is 6.09 Å². The lowest BCUT2D eigenvalue weighted by Gasteiger charge is -2.39. The van der Waals surface area contributed by atoms with Gasteiger partial charge in [0.05, 0.1) is 18.1 Å². The van der Waals surface area contributed by atoms with E-state index >= 15 is 0 Å². The van der Waals surface area contributed by atoms with Crippen molar-refractivity contribution in [3.05, 3.63) is 35.4 Å². The fraction of sp³-hybridized carbons (Fsp3) is 0.593. The molecule has 1 aromatic rings. The van der Waals surface area contributed by atoms with Crippen LogP contribution in [0.5, 0.6) is 0 Å². The molecular weight excluding hydrogens is 522 g/mol. The Balaban J connectivity index is 1.83. The highest BCUT2D eigenvalue weighted by molar-refractivity contribution is 5.96. The third kappa shape index (κ3) is 6.77. The van der Waals surface area contributed by atoms with Gasteiger partial charge in [0.1, 0.15) is 11.6 Å². The van der Waals surface area contributed by atoms with Crippen LogP contribution in [0.25, 0.3) is 0 Å². The molecule has 2 saturated heterocycles. The topological polar surface area (TPSA) is 214 Å². The minimum atomic E-state index is -1.63.